The summed E-state index contributed by atoms with van der Waals surface area (Å²) in [5.41, 5.74) is -1.87. The Morgan fingerprint density at radius 1 is 1.12 bits per heavy atom. The van der Waals surface area contributed by atoms with E-state index >= 15 is 0 Å². The fourth-order valence-corrected chi connectivity index (χ4v) is 3.04. The number of hydrogen-bond acceptors (Lipinski definition) is 6. The minimum absolute atomic E-state index is 0.0544. The van der Waals surface area contributed by atoms with Crippen molar-refractivity contribution < 1.29 is 36.0 Å². The molecule has 0 atom stereocenters. The Bertz CT molecular complexity index is 1280. The van der Waals surface area contributed by atoms with Crippen LogP contribution in [0.5, 0.6) is 5.75 Å². The van der Waals surface area contributed by atoms with Gasteiger partial charge in [-0.05, 0) is 29.8 Å². The van der Waals surface area contributed by atoms with E-state index in [0.717, 1.165) is 35.3 Å². The van der Waals surface area contributed by atoms with Crippen molar-refractivity contribution in [1.29, 1.82) is 0 Å². The molecule has 0 saturated heterocycles. The number of amides is 1. The van der Waals surface area contributed by atoms with Crippen LogP contribution in [0.25, 0.3) is 0 Å². The van der Waals surface area contributed by atoms with Gasteiger partial charge in [-0.1, -0.05) is 17.3 Å². The maximum Gasteiger partial charge on any atom is 0.416 e. The van der Waals surface area contributed by atoms with Gasteiger partial charge in [0.2, 0.25) is 12.2 Å². The Hall–Kier alpha value is -4.29. The number of carbonyl (C=O) groups excluding carboxylic acids is 1. The topological polar surface area (TPSA) is 95.1 Å². The predicted octanol–water partition coefficient (Wildman–Crippen LogP) is 4.44. The van der Waals surface area contributed by atoms with Crippen LogP contribution in [0.2, 0.25) is 0 Å². The molecule has 34 heavy (non-hydrogen) atoms. The second kappa shape index (κ2) is 9.29. The number of ether oxygens (including phenoxy) is 1. The van der Waals surface area contributed by atoms with E-state index in [1.165, 1.54) is 24.4 Å². The highest BCUT2D eigenvalue weighted by atomic mass is 19.4. The first-order valence-electron chi connectivity index (χ1n) is 9.57. The Morgan fingerprint density at radius 2 is 1.88 bits per heavy atom. The molecule has 2 aromatic heterocycles. The molecule has 13 heteroatoms. The zero-order valence-electron chi connectivity index (χ0n) is 17.0. The highest BCUT2D eigenvalue weighted by Crippen LogP contribution is 2.35. The first-order valence-corrected chi connectivity index (χ1v) is 9.57. The zero-order chi connectivity index (χ0) is 24.3. The second-order valence-corrected chi connectivity index (χ2v) is 6.90. The molecule has 0 aliphatic carbocycles. The monoisotopic (exact) mass is 479 g/mol. The van der Waals surface area contributed by atoms with Crippen molar-refractivity contribution in [3.05, 3.63) is 89.2 Å². The van der Waals surface area contributed by atoms with Gasteiger partial charge in [-0.3, -0.25) is 9.48 Å². The van der Waals surface area contributed by atoms with Gasteiger partial charge in [0, 0.05) is 12.3 Å². The van der Waals surface area contributed by atoms with Crippen LogP contribution in [0.1, 0.15) is 27.3 Å². The summed E-state index contributed by atoms with van der Waals surface area (Å²) in [5.74, 6) is -3.19. The van der Waals surface area contributed by atoms with Crippen LogP contribution in [0.4, 0.5) is 27.8 Å². The lowest BCUT2D eigenvalue weighted by molar-refractivity contribution is -0.138. The van der Waals surface area contributed by atoms with Crippen molar-refractivity contribution in [3.8, 4) is 5.75 Å². The predicted molar refractivity (Wildman–Crippen MR) is 106 cm³/mol. The summed E-state index contributed by atoms with van der Waals surface area (Å²) in [6.45, 7) is -0.484. The Balaban J connectivity index is 1.49. The number of benzene rings is 2. The van der Waals surface area contributed by atoms with Crippen molar-refractivity contribution >= 4 is 11.7 Å². The molecule has 0 aliphatic heterocycles. The second-order valence-electron chi connectivity index (χ2n) is 6.90. The number of alkyl halides is 3. The largest absolute Gasteiger partial charge is 0.485 e. The summed E-state index contributed by atoms with van der Waals surface area (Å²) in [5, 5.41) is 9.69. The summed E-state index contributed by atoms with van der Waals surface area (Å²) < 4.78 is 79.4. The molecule has 8 nitrogen and oxygen atoms in total. The van der Waals surface area contributed by atoms with E-state index in [1.54, 1.807) is 0 Å². The van der Waals surface area contributed by atoms with Crippen LogP contribution in [-0.2, 0) is 19.3 Å². The van der Waals surface area contributed by atoms with Crippen LogP contribution in [0.3, 0.4) is 0 Å². The first kappa shape index (κ1) is 22.9. The molecule has 0 saturated carbocycles. The number of nitrogens with one attached hydrogen (secondary N) is 1. The molecule has 0 bridgehead atoms. The minimum Gasteiger partial charge on any atom is -0.485 e. The Labute approximate surface area is 188 Å². The highest BCUT2D eigenvalue weighted by Gasteiger charge is 2.34. The van der Waals surface area contributed by atoms with Crippen molar-refractivity contribution in [2.24, 2.45) is 0 Å². The molecule has 1 N–H and O–H groups in total. The first-order chi connectivity index (χ1) is 16.2. The van der Waals surface area contributed by atoms with E-state index in [0.29, 0.717) is 0 Å². The molecule has 0 radical (unpaired) electrons. The highest BCUT2D eigenvalue weighted by molar-refractivity contribution is 6.04. The third-order valence-electron chi connectivity index (χ3n) is 4.57. The molecular formula is C21H14F5N5O3. The molecule has 0 fully saturated rings. The SMILES string of the molecule is O=C(Nc1ccn(Cc2ccc(OCc3ncon3)cc2C(F)(F)F)n1)c1c(F)cccc1F. The molecule has 0 unspecified atom stereocenters. The molecule has 0 aliphatic rings. The maximum absolute atomic E-state index is 13.8. The molecule has 2 aromatic carbocycles. The third kappa shape index (κ3) is 5.19. The van der Waals surface area contributed by atoms with Crippen LogP contribution >= 0.6 is 0 Å². The van der Waals surface area contributed by atoms with Gasteiger partial charge in [-0.2, -0.15) is 23.3 Å². The van der Waals surface area contributed by atoms with Gasteiger partial charge in [0.25, 0.3) is 5.91 Å². The lowest BCUT2D eigenvalue weighted by atomic mass is 10.1. The number of hydrogen-bond donors (Lipinski definition) is 1. The summed E-state index contributed by atoms with van der Waals surface area (Å²) in [7, 11) is 0. The minimum atomic E-state index is -4.69. The van der Waals surface area contributed by atoms with Crippen LogP contribution in [0.15, 0.2) is 59.6 Å². The van der Waals surface area contributed by atoms with E-state index in [4.69, 9.17) is 4.74 Å². The molecule has 4 aromatic rings. The summed E-state index contributed by atoms with van der Waals surface area (Å²) in [6, 6.07) is 7.64. The van der Waals surface area contributed by atoms with Crippen molar-refractivity contribution in [2.45, 2.75) is 19.3 Å². The molecule has 4 rings (SSSR count). The Morgan fingerprint density at radius 3 is 2.56 bits per heavy atom. The summed E-state index contributed by atoms with van der Waals surface area (Å²) in [6.07, 6.45) is -2.31. The van der Waals surface area contributed by atoms with Gasteiger partial charge in [-0.25, -0.2) is 8.78 Å². The van der Waals surface area contributed by atoms with Crippen molar-refractivity contribution in [1.82, 2.24) is 19.9 Å². The smallest absolute Gasteiger partial charge is 0.416 e. The molecule has 1 amide bonds. The van der Waals surface area contributed by atoms with E-state index in [2.05, 4.69) is 25.1 Å². The van der Waals surface area contributed by atoms with Gasteiger partial charge in [0.1, 0.15) is 22.9 Å². The maximum atomic E-state index is 13.8. The normalized spacial score (nSPS) is 11.4. The van der Waals surface area contributed by atoms with Gasteiger partial charge < -0.3 is 14.6 Å². The number of halogens is 5. The average molecular weight is 479 g/mol. The summed E-state index contributed by atoms with van der Waals surface area (Å²) in [4.78, 5) is 15.9. The van der Waals surface area contributed by atoms with Gasteiger partial charge in [0.05, 0.1) is 12.1 Å². The number of anilines is 1. The van der Waals surface area contributed by atoms with Crippen LogP contribution < -0.4 is 10.1 Å². The Kier molecular flexibility index (Phi) is 6.25. The fraction of sp³-hybridized carbons (Fsp3) is 0.143. The van der Waals surface area contributed by atoms with Gasteiger partial charge in [-0.15, -0.1) is 0 Å². The lowest BCUT2D eigenvalue weighted by Crippen LogP contribution is -2.16. The zero-order valence-corrected chi connectivity index (χ0v) is 17.0. The lowest BCUT2D eigenvalue weighted by Gasteiger charge is -2.15. The molecule has 176 valence electrons. The standard InChI is InChI=1S/C21H14F5N5O3/c22-15-2-1-3-16(23)19(15)20(32)28-17-6-7-31(29-17)9-12-4-5-13(8-14(12)21(24,25)26)33-10-18-27-11-34-30-18/h1-8,11H,9-10H2,(H,28,29,32). The van der Waals surface area contributed by atoms with E-state index < -0.39 is 34.8 Å². The third-order valence-corrected chi connectivity index (χ3v) is 4.57. The number of aromatic nitrogens is 4. The molecule has 2 heterocycles. The number of rotatable bonds is 7. The fourth-order valence-electron chi connectivity index (χ4n) is 3.04. The van der Waals surface area contributed by atoms with Gasteiger partial charge >= 0.3 is 6.18 Å². The van der Waals surface area contributed by atoms with Crippen LogP contribution in [0, 0.1) is 11.6 Å². The van der Waals surface area contributed by atoms with E-state index in [-0.39, 0.29) is 36.1 Å². The number of carbonyl (C=O) groups is 1. The number of nitrogens with zero attached hydrogens (tertiary/aromatic N) is 4. The summed E-state index contributed by atoms with van der Waals surface area (Å²) >= 11 is 0. The van der Waals surface area contributed by atoms with Crippen molar-refractivity contribution in [3.63, 3.8) is 0 Å². The van der Waals surface area contributed by atoms with E-state index in [1.807, 2.05) is 0 Å². The quantitative estimate of drug-likeness (QED) is 0.394. The molecule has 0 spiro atoms. The van der Waals surface area contributed by atoms with Gasteiger partial charge in [0.15, 0.2) is 12.4 Å². The van der Waals surface area contributed by atoms with Crippen LogP contribution in [-0.4, -0.2) is 25.8 Å². The average Bonchev–Trinajstić information content (AvgIpc) is 3.44. The van der Waals surface area contributed by atoms with Crippen molar-refractivity contribution in [2.75, 3.05) is 5.32 Å². The molecular weight excluding hydrogens is 465 g/mol. The van der Waals surface area contributed by atoms with E-state index in [9.17, 15) is 26.7 Å².